The van der Waals surface area contributed by atoms with E-state index >= 15 is 0 Å². The number of anilines is 1. The number of carbonyl (C=O) groups excluding carboxylic acids is 1. The molecule has 1 fully saturated rings. The minimum Gasteiger partial charge on any atom is -0.507 e. The molecule has 33 heavy (non-hydrogen) atoms. The molecule has 2 N–H and O–H groups in total. The van der Waals surface area contributed by atoms with Crippen LogP contribution in [0.2, 0.25) is 0 Å². The number of carbonyl (C=O) groups is 1. The number of piperidine rings is 1. The maximum absolute atomic E-state index is 12.0. The lowest BCUT2D eigenvalue weighted by atomic mass is 9.97. The van der Waals surface area contributed by atoms with E-state index in [2.05, 4.69) is 28.4 Å². The second-order valence-electron chi connectivity index (χ2n) is 9.24. The average Bonchev–Trinajstić information content (AvgIpc) is 2.81. The van der Waals surface area contributed by atoms with Crippen molar-refractivity contribution in [3.63, 3.8) is 0 Å². The summed E-state index contributed by atoms with van der Waals surface area (Å²) in [5, 5.41) is 14.3. The second kappa shape index (κ2) is 10.1. The van der Waals surface area contributed by atoms with Crippen molar-refractivity contribution < 1.29 is 17.5 Å². The van der Waals surface area contributed by atoms with Crippen LogP contribution in [0.25, 0.3) is 22.3 Å². The molecule has 0 saturated carbocycles. The van der Waals surface area contributed by atoms with E-state index in [4.69, 9.17) is 14.7 Å². The first-order chi connectivity index (χ1) is 15.9. The molecule has 1 atom stereocenters. The number of phenolic OH excluding ortho intramolecular Hbond substituents is 1. The molecule has 1 saturated heterocycles. The number of alkyl carbamates (subject to hydrolysis) is 1. The van der Waals surface area contributed by atoms with Gasteiger partial charge in [-0.05, 0) is 61.4 Å². The number of amides is 1. The van der Waals surface area contributed by atoms with Crippen molar-refractivity contribution in [2.75, 3.05) is 31.1 Å². The van der Waals surface area contributed by atoms with E-state index in [0.717, 1.165) is 48.2 Å². The molecule has 2 heterocycles. The molecule has 4 rings (SSSR count). The fourth-order valence-electron chi connectivity index (χ4n) is 4.19. The lowest BCUT2D eigenvalue weighted by Gasteiger charge is -2.34. The van der Waals surface area contributed by atoms with E-state index in [0.29, 0.717) is 36.4 Å². The van der Waals surface area contributed by atoms with Crippen molar-refractivity contribution in [1.29, 1.82) is 0 Å². The molecule has 1 aromatic heterocycles. The molecule has 178 valence electrons. The van der Waals surface area contributed by atoms with Gasteiger partial charge in [0.2, 0.25) is 0 Å². The summed E-state index contributed by atoms with van der Waals surface area (Å²) >= 11 is 0. The number of phenols is 1. The SMILES string of the molecule is Cc1ccc2c(N3CCC[C@@H](CNC(=O)OCC(C)C)C3)nc(-c3ccccc3O)nc2c1.[HH].[HH]. The van der Waals surface area contributed by atoms with Crippen LogP contribution >= 0.6 is 0 Å². The van der Waals surface area contributed by atoms with Crippen LogP contribution in [-0.2, 0) is 4.74 Å². The van der Waals surface area contributed by atoms with Crippen molar-refractivity contribution in [2.45, 2.75) is 33.6 Å². The second-order valence-corrected chi connectivity index (χ2v) is 9.24. The Morgan fingerprint density at radius 3 is 2.88 bits per heavy atom. The lowest BCUT2D eigenvalue weighted by Crippen LogP contribution is -2.41. The molecule has 7 nitrogen and oxygen atoms in total. The van der Waals surface area contributed by atoms with Gasteiger partial charge >= 0.3 is 6.09 Å². The minimum absolute atomic E-state index is 0. The largest absolute Gasteiger partial charge is 0.507 e. The topological polar surface area (TPSA) is 87.6 Å². The Labute approximate surface area is 197 Å². The van der Waals surface area contributed by atoms with Crippen LogP contribution in [0.15, 0.2) is 42.5 Å². The van der Waals surface area contributed by atoms with Gasteiger partial charge in [-0.25, -0.2) is 14.8 Å². The standard InChI is InChI=1S/C26H32N4O3.2H2/c1-17(2)16-33-26(32)27-14-19-7-6-12-30(15-19)25-20-11-10-18(3)13-22(20)28-24(29-25)21-8-4-5-9-23(21)31;;/h4-5,8-11,13,17,19,31H,6-7,12,14-16H2,1-3H3,(H,27,32);2*1H/t19-;;/m0../s1. The monoisotopic (exact) mass is 452 g/mol. The lowest BCUT2D eigenvalue weighted by molar-refractivity contribution is 0.131. The summed E-state index contributed by atoms with van der Waals surface area (Å²) in [6.07, 6.45) is 1.69. The van der Waals surface area contributed by atoms with Crippen LogP contribution in [0.4, 0.5) is 10.6 Å². The normalized spacial score (nSPS) is 16.2. The molecular weight excluding hydrogens is 416 g/mol. The summed E-state index contributed by atoms with van der Waals surface area (Å²) in [6.45, 7) is 8.74. The number of para-hydroxylation sites is 1. The number of aryl methyl sites for hydroxylation is 1. The quantitative estimate of drug-likeness (QED) is 0.521. The molecule has 1 amide bonds. The summed E-state index contributed by atoms with van der Waals surface area (Å²) < 4.78 is 5.24. The number of rotatable bonds is 6. The number of ether oxygens (including phenoxy) is 1. The Balaban J connectivity index is 0.00000216. The Bertz CT molecular complexity index is 1140. The number of fused-ring (bicyclic) bond motifs is 1. The van der Waals surface area contributed by atoms with Gasteiger partial charge in [0.05, 0.1) is 17.7 Å². The van der Waals surface area contributed by atoms with E-state index in [-0.39, 0.29) is 14.7 Å². The maximum atomic E-state index is 12.0. The fraction of sp³-hybridized carbons (Fsp3) is 0.423. The average molecular weight is 453 g/mol. The third-order valence-corrected chi connectivity index (χ3v) is 5.88. The van der Waals surface area contributed by atoms with Crippen molar-refractivity contribution >= 4 is 22.8 Å². The Morgan fingerprint density at radius 2 is 2.09 bits per heavy atom. The van der Waals surface area contributed by atoms with Gasteiger partial charge in [0.25, 0.3) is 0 Å². The molecule has 3 aromatic rings. The highest BCUT2D eigenvalue weighted by Gasteiger charge is 2.24. The van der Waals surface area contributed by atoms with Gasteiger partial charge < -0.3 is 20.1 Å². The van der Waals surface area contributed by atoms with Crippen LogP contribution in [0.5, 0.6) is 5.75 Å². The number of nitrogens with zero attached hydrogens (tertiary/aromatic N) is 3. The van der Waals surface area contributed by atoms with Crippen molar-refractivity contribution in [1.82, 2.24) is 15.3 Å². The zero-order valence-corrected chi connectivity index (χ0v) is 19.5. The molecule has 0 aliphatic carbocycles. The van der Waals surface area contributed by atoms with E-state index in [1.807, 2.05) is 32.9 Å². The van der Waals surface area contributed by atoms with Gasteiger partial charge in [-0.1, -0.05) is 32.0 Å². The van der Waals surface area contributed by atoms with Gasteiger partial charge in [-0.15, -0.1) is 0 Å². The number of aromatic hydroxyl groups is 1. The van der Waals surface area contributed by atoms with Gasteiger partial charge in [-0.2, -0.15) is 0 Å². The van der Waals surface area contributed by atoms with Crippen molar-refractivity contribution in [3.05, 3.63) is 48.0 Å². The van der Waals surface area contributed by atoms with E-state index < -0.39 is 0 Å². The van der Waals surface area contributed by atoms with Gasteiger partial charge in [0.15, 0.2) is 5.82 Å². The Morgan fingerprint density at radius 1 is 1.27 bits per heavy atom. The summed E-state index contributed by atoms with van der Waals surface area (Å²) in [5.41, 5.74) is 2.59. The molecule has 0 bridgehead atoms. The van der Waals surface area contributed by atoms with E-state index in [1.54, 1.807) is 12.1 Å². The molecule has 1 aliphatic heterocycles. The third kappa shape index (κ3) is 5.53. The predicted octanol–water partition coefficient (Wildman–Crippen LogP) is 5.40. The summed E-state index contributed by atoms with van der Waals surface area (Å²) in [4.78, 5) is 23.9. The van der Waals surface area contributed by atoms with Crippen molar-refractivity contribution in [2.24, 2.45) is 11.8 Å². The molecule has 0 unspecified atom stereocenters. The molecule has 2 aromatic carbocycles. The van der Waals surface area contributed by atoms with Crippen LogP contribution in [0.1, 0.15) is 35.1 Å². The smallest absolute Gasteiger partial charge is 0.407 e. The predicted molar refractivity (Wildman–Crippen MR) is 135 cm³/mol. The molecule has 0 spiro atoms. The number of aromatic nitrogens is 2. The van der Waals surface area contributed by atoms with E-state index in [9.17, 15) is 9.90 Å². The summed E-state index contributed by atoms with van der Waals surface area (Å²) in [7, 11) is 0. The molecular formula is C26H36N4O3. The van der Waals surface area contributed by atoms with Crippen LogP contribution in [0.3, 0.4) is 0 Å². The van der Waals surface area contributed by atoms with Gasteiger partial charge in [-0.3, -0.25) is 0 Å². The third-order valence-electron chi connectivity index (χ3n) is 5.88. The molecule has 1 aliphatic rings. The first-order valence-electron chi connectivity index (χ1n) is 11.6. The van der Waals surface area contributed by atoms with Gasteiger partial charge in [0, 0.05) is 27.9 Å². The summed E-state index contributed by atoms with van der Waals surface area (Å²) in [6, 6.07) is 13.3. The zero-order valence-electron chi connectivity index (χ0n) is 19.5. The Hall–Kier alpha value is -3.35. The number of benzene rings is 2. The highest BCUT2D eigenvalue weighted by atomic mass is 16.5. The molecule has 0 radical (unpaired) electrons. The summed E-state index contributed by atoms with van der Waals surface area (Å²) in [5.74, 6) is 2.16. The first kappa shape index (κ1) is 22.8. The fourth-order valence-corrected chi connectivity index (χ4v) is 4.19. The Kier molecular flexibility index (Phi) is 6.96. The maximum Gasteiger partial charge on any atom is 0.407 e. The minimum atomic E-state index is -0.356. The highest BCUT2D eigenvalue weighted by Crippen LogP contribution is 2.33. The van der Waals surface area contributed by atoms with Gasteiger partial charge in [0.1, 0.15) is 11.6 Å². The highest BCUT2D eigenvalue weighted by molar-refractivity contribution is 5.92. The zero-order chi connectivity index (χ0) is 23.4. The number of hydrogen-bond acceptors (Lipinski definition) is 6. The molecule has 7 heteroatoms. The number of nitrogens with one attached hydrogen (secondary N) is 1. The van der Waals surface area contributed by atoms with Crippen molar-refractivity contribution in [3.8, 4) is 17.1 Å². The van der Waals surface area contributed by atoms with E-state index in [1.165, 1.54) is 0 Å². The number of hydrogen-bond donors (Lipinski definition) is 2. The van der Waals surface area contributed by atoms with Crippen LogP contribution < -0.4 is 10.2 Å². The van der Waals surface area contributed by atoms with Crippen LogP contribution in [0, 0.1) is 18.8 Å². The van der Waals surface area contributed by atoms with Crippen LogP contribution in [-0.4, -0.2) is 47.4 Å². The first-order valence-corrected chi connectivity index (χ1v) is 11.6.